The first-order chi connectivity index (χ1) is 10.8. The lowest BCUT2D eigenvalue weighted by Crippen LogP contribution is -2.42. The summed E-state index contributed by atoms with van der Waals surface area (Å²) >= 11 is 3.60. The largest absolute Gasteiger partial charge is 0.312 e. The van der Waals surface area contributed by atoms with Gasteiger partial charge in [0.05, 0.1) is 6.54 Å². The molecule has 1 aliphatic rings. The lowest BCUT2D eigenvalue weighted by atomic mass is 10.1. The zero-order valence-corrected chi connectivity index (χ0v) is 14.0. The molecule has 3 rings (SSSR count). The Morgan fingerprint density at radius 1 is 1.27 bits per heavy atom. The molecule has 1 N–H and O–H groups in total. The molecule has 1 atom stereocenters. The maximum Gasteiger partial charge on any atom is 0.228 e. The average molecular weight is 332 g/mol. The highest BCUT2D eigenvalue weighted by molar-refractivity contribution is 7.99. The summed E-state index contributed by atoms with van der Waals surface area (Å²) in [5.41, 5.74) is 2.16. The molecule has 1 aromatic heterocycles. The highest BCUT2D eigenvalue weighted by Crippen LogP contribution is 2.21. The number of rotatable bonds is 5. The zero-order valence-electron chi connectivity index (χ0n) is 12.4. The first-order valence-corrected chi connectivity index (χ1v) is 9.60. The molecule has 22 heavy (non-hydrogen) atoms. The average Bonchev–Trinajstić information content (AvgIpc) is 3.07. The van der Waals surface area contributed by atoms with Crippen molar-refractivity contribution in [2.24, 2.45) is 0 Å². The van der Waals surface area contributed by atoms with E-state index in [-0.39, 0.29) is 5.91 Å². The molecule has 5 heteroatoms. The van der Waals surface area contributed by atoms with E-state index in [1.165, 1.54) is 5.56 Å². The molecule has 1 aromatic carbocycles. The van der Waals surface area contributed by atoms with Crippen LogP contribution in [0.1, 0.15) is 12.0 Å². The second-order valence-electron chi connectivity index (χ2n) is 5.38. The van der Waals surface area contributed by atoms with Crippen LogP contribution in [0.5, 0.6) is 0 Å². The van der Waals surface area contributed by atoms with Gasteiger partial charge in [-0.2, -0.15) is 23.1 Å². The van der Waals surface area contributed by atoms with Gasteiger partial charge in [0.25, 0.3) is 0 Å². The quantitative estimate of drug-likeness (QED) is 0.911. The van der Waals surface area contributed by atoms with Gasteiger partial charge in [0.15, 0.2) is 0 Å². The molecule has 0 radical (unpaired) electrons. The van der Waals surface area contributed by atoms with Gasteiger partial charge in [-0.3, -0.25) is 4.79 Å². The number of carbonyl (C=O) groups excluding carboxylic acids is 1. The molecule has 1 fully saturated rings. The second-order valence-corrected chi connectivity index (χ2v) is 7.31. The normalized spacial score (nSPS) is 18.1. The molecule has 0 spiro atoms. The third-order valence-electron chi connectivity index (χ3n) is 3.71. The maximum atomic E-state index is 12.8. The fraction of sp³-hybridized carbons (Fsp3) is 0.353. The number of amides is 1. The van der Waals surface area contributed by atoms with Crippen molar-refractivity contribution in [2.45, 2.75) is 19.0 Å². The van der Waals surface area contributed by atoms with Crippen LogP contribution in [-0.4, -0.2) is 30.0 Å². The zero-order chi connectivity index (χ0) is 15.2. The standard InChI is InChI=1S/C17H20N2OS2/c20-17(10-15-13-22-9-7-18-15)19(11-14-6-8-21-12-14)16-4-2-1-3-5-16/h1-6,8,12,15,18H,7,9-11,13H2. The van der Waals surface area contributed by atoms with Crippen LogP contribution in [0.4, 0.5) is 5.69 Å². The van der Waals surface area contributed by atoms with Crippen LogP contribution >= 0.6 is 23.1 Å². The number of anilines is 1. The van der Waals surface area contributed by atoms with Crippen LogP contribution in [0.2, 0.25) is 0 Å². The summed E-state index contributed by atoms with van der Waals surface area (Å²) in [6, 6.07) is 12.3. The highest BCUT2D eigenvalue weighted by Gasteiger charge is 2.22. The van der Waals surface area contributed by atoms with Crippen LogP contribution < -0.4 is 10.2 Å². The number of carbonyl (C=O) groups is 1. The monoisotopic (exact) mass is 332 g/mol. The van der Waals surface area contributed by atoms with Crippen LogP contribution in [-0.2, 0) is 11.3 Å². The van der Waals surface area contributed by atoms with Crippen molar-refractivity contribution in [2.75, 3.05) is 23.0 Å². The molecule has 2 aromatic rings. The van der Waals surface area contributed by atoms with Gasteiger partial charge in [0.2, 0.25) is 5.91 Å². The molecule has 3 nitrogen and oxygen atoms in total. The summed E-state index contributed by atoms with van der Waals surface area (Å²) in [5, 5.41) is 7.62. The summed E-state index contributed by atoms with van der Waals surface area (Å²) in [6.07, 6.45) is 0.562. The second kappa shape index (κ2) is 7.81. The summed E-state index contributed by atoms with van der Waals surface area (Å²) in [5.74, 6) is 2.35. The van der Waals surface area contributed by atoms with E-state index in [2.05, 4.69) is 22.1 Å². The van der Waals surface area contributed by atoms with Crippen molar-refractivity contribution in [3.8, 4) is 0 Å². The Morgan fingerprint density at radius 2 is 2.14 bits per heavy atom. The fourth-order valence-electron chi connectivity index (χ4n) is 2.57. The van der Waals surface area contributed by atoms with E-state index >= 15 is 0 Å². The predicted molar refractivity (Wildman–Crippen MR) is 95.7 cm³/mol. The van der Waals surface area contributed by atoms with Crippen molar-refractivity contribution in [3.05, 3.63) is 52.7 Å². The number of thiophene rings is 1. The summed E-state index contributed by atoms with van der Waals surface area (Å²) in [4.78, 5) is 14.7. The van der Waals surface area contributed by atoms with E-state index in [9.17, 15) is 4.79 Å². The molecular weight excluding hydrogens is 312 g/mol. The van der Waals surface area contributed by atoms with E-state index in [1.807, 2.05) is 47.0 Å². The van der Waals surface area contributed by atoms with Crippen LogP contribution in [0, 0.1) is 0 Å². The van der Waals surface area contributed by atoms with E-state index in [4.69, 9.17) is 0 Å². The summed E-state index contributed by atoms with van der Waals surface area (Å²) < 4.78 is 0. The number of hydrogen-bond donors (Lipinski definition) is 1. The van der Waals surface area contributed by atoms with Gasteiger partial charge in [-0.05, 0) is 34.5 Å². The fourth-order valence-corrected chi connectivity index (χ4v) is 4.18. The third kappa shape index (κ3) is 4.12. The SMILES string of the molecule is O=C(CC1CSCCN1)N(Cc1ccsc1)c1ccccc1. The molecule has 1 saturated heterocycles. The summed E-state index contributed by atoms with van der Waals surface area (Å²) in [6.45, 7) is 1.64. The molecule has 1 amide bonds. The number of nitrogens with zero attached hydrogens (tertiary/aromatic N) is 1. The van der Waals surface area contributed by atoms with Crippen molar-refractivity contribution in [3.63, 3.8) is 0 Å². The maximum absolute atomic E-state index is 12.8. The minimum Gasteiger partial charge on any atom is -0.312 e. The Morgan fingerprint density at radius 3 is 2.82 bits per heavy atom. The van der Waals surface area contributed by atoms with Crippen LogP contribution in [0.3, 0.4) is 0 Å². The van der Waals surface area contributed by atoms with Crippen molar-refractivity contribution >= 4 is 34.7 Å². The first kappa shape index (κ1) is 15.6. The molecule has 116 valence electrons. The number of thioether (sulfide) groups is 1. The highest BCUT2D eigenvalue weighted by atomic mass is 32.2. The molecule has 0 saturated carbocycles. The van der Waals surface area contributed by atoms with E-state index in [1.54, 1.807) is 11.3 Å². The Labute approximate surface area is 139 Å². The Balaban J connectivity index is 1.73. The molecular formula is C17H20N2OS2. The van der Waals surface area contributed by atoms with Crippen molar-refractivity contribution in [1.82, 2.24) is 5.32 Å². The van der Waals surface area contributed by atoms with Gasteiger partial charge in [-0.15, -0.1) is 0 Å². The lowest BCUT2D eigenvalue weighted by Gasteiger charge is -2.27. The third-order valence-corrected chi connectivity index (χ3v) is 5.57. The lowest BCUT2D eigenvalue weighted by molar-refractivity contribution is -0.119. The smallest absolute Gasteiger partial charge is 0.228 e. The van der Waals surface area contributed by atoms with Gasteiger partial charge in [0.1, 0.15) is 0 Å². The van der Waals surface area contributed by atoms with Crippen LogP contribution in [0.25, 0.3) is 0 Å². The molecule has 0 bridgehead atoms. The van der Waals surface area contributed by atoms with Gasteiger partial charge in [-0.25, -0.2) is 0 Å². The van der Waals surface area contributed by atoms with E-state index < -0.39 is 0 Å². The predicted octanol–water partition coefficient (Wildman–Crippen LogP) is 3.38. The number of para-hydroxylation sites is 1. The first-order valence-electron chi connectivity index (χ1n) is 7.50. The van der Waals surface area contributed by atoms with E-state index in [0.717, 1.165) is 23.7 Å². The molecule has 1 aliphatic heterocycles. The number of benzene rings is 1. The molecule has 2 heterocycles. The van der Waals surface area contributed by atoms with Gasteiger partial charge in [-0.1, -0.05) is 18.2 Å². The van der Waals surface area contributed by atoms with Crippen molar-refractivity contribution < 1.29 is 4.79 Å². The topological polar surface area (TPSA) is 32.3 Å². The molecule has 0 aliphatic carbocycles. The Bertz CT molecular complexity index is 580. The van der Waals surface area contributed by atoms with Crippen LogP contribution in [0.15, 0.2) is 47.2 Å². The minimum atomic E-state index is 0.192. The Kier molecular flexibility index (Phi) is 5.53. The number of hydrogen-bond acceptors (Lipinski definition) is 4. The van der Waals surface area contributed by atoms with E-state index in [0.29, 0.717) is 19.0 Å². The molecule has 1 unspecified atom stereocenters. The number of nitrogens with one attached hydrogen (secondary N) is 1. The minimum absolute atomic E-state index is 0.192. The van der Waals surface area contributed by atoms with Crippen molar-refractivity contribution in [1.29, 1.82) is 0 Å². The van der Waals surface area contributed by atoms with Gasteiger partial charge < -0.3 is 10.2 Å². The summed E-state index contributed by atoms with van der Waals surface area (Å²) in [7, 11) is 0. The Hall–Kier alpha value is -1.30. The van der Waals surface area contributed by atoms with Gasteiger partial charge in [0, 0.05) is 36.2 Å². The van der Waals surface area contributed by atoms with Gasteiger partial charge >= 0.3 is 0 Å².